The van der Waals surface area contributed by atoms with Gasteiger partial charge in [-0.2, -0.15) is 5.10 Å². The van der Waals surface area contributed by atoms with Gasteiger partial charge in [0, 0.05) is 32.4 Å². The van der Waals surface area contributed by atoms with Crippen LogP contribution in [0.25, 0.3) is 0 Å². The molecule has 1 amide bonds. The second-order valence-electron chi connectivity index (χ2n) is 4.74. The Morgan fingerprint density at radius 2 is 2.41 bits per heavy atom. The summed E-state index contributed by atoms with van der Waals surface area (Å²) in [5, 5.41) is 13.4. The fourth-order valence-electron chi connectivity index (χ4n) is 2.23. The van der Waals surface area contributed by atoms with Crippen LogP contribution in [0.2, 0.25) is 0 Å². The zero-order chi connectivity index (χ0) is 12.4. The molecule has 0 unspecified atom stereocenters. The normalized spacial score (nSPS) is 20.6. The number of rotatable bonds is 2. The molecule has 0 aromatic carbocycles. The van der Waals surface area contributed by atoms with Crippen molar-refractivity contribution >= 4 is 5.91 Å². The highest BCUT2D eigenvalue weighted by molar-refractivity contribution is 5.92. The molecule has 17 heavy (non-hydrogen) atoms. The number of carbonyl (C=O) groups excluding carboxylic acids is 1. The maximum Gasteiger partial charge on any atom is 0.274 e. The number of piperidine rings is 1. The van der Waals surface area contributed by atoms with E-state index in [1.807, 2.05) is 20.0 Å². The number of aliphatic hydroxyl groups is 1. The molecule has 1 aliphatic heterocycles. The number of hydrogen-bond donors (Lipinski definition) is 1. The Morgan fingerprint density at radius 1 is 1.65 bits per heavy atom. The monoisotopic (exact) mass is 237 g/mol. The van der Waals surface area contributed by atoms with E-state index in [-0.39, 0.29) is 18.4 Å². The zero-order valence-corrected chi connectivity index (χ0v) is 10.4. The summed E-state index contributed by atoms with van der Waals surface area (Å²) in [5.74, 6) is 0.198. The lowest BCUT2D eigenvalue weighted by Gasteiger charge is -2.31. The lowest BCUT2D eigenvalue weighted by Crippen LogP contribution is -2.41. The van der Waals surface area contributed by atoms with Crippen LogP contribution in [0, 0.1) is 12.8 Å². The number of aliphatic hydroxyl groups excluding tert-OH is 1. The molecule has 1 N–H and O–H groups in total. The van der Waals surface area contributed by atoms with Crippen LogP contribution in [-0.4, -0.2) is 45.4 Å². The first kappa shape index (κ1) is 12.1. The molecule has 0 radical (unpaired) electrons. The highest BCUT2D eigenvalue weighted by Gasteiger charge is 2.25. The van der Waals surface area contributed by atoms with Crippen LogP contribution in [0.15, 0.2) is 6.07 Å². The quantitative estimate of drug-likeness (QED) is 0.818. The SMILES string of the molecule is Cc1cc(C(=O)N2CCC[C@H](CO)C2)nn1C. The standard InChI is InChI=1S/C12H19N3O2/c1-9-6-11(13-14(9)2)12(17)15-5-3-4-10(7-15)8-16/h6,10,16H,3-5,7-8H2,1-2H3/t10-/m0/s1. The van der Waals surface area contributed by atoms with Crippen molar-refractivity contribution in [3.63, 3.8) is 0 Å². The van der Waals surface area contributed by atoms with Crippen LogP contribution in [-0.2, 0) is 7.05 Å². The van der Waals surface area contributed by atoms with Gasteiger partial charge in [0.2, 0.25) is 0 Å². The van der Waals surface area contributed by atoms with Gasteiger partial charge in [-0.25, -0.2) is 0 Å². The van der Waals surface area contributed by atoms with E-state index in [0.29, 0.717) is 12.2 Å². The fourth-order valence-corrected chi connectivity index (χ4v) is 2.23. The van der Waals surface area contributed by atoms with Gasteiger partial charge in [0.1, 0.15) is 0 Å². The van der Waals surface area contributed by atoms with Crippen molar-refractivity contribution in [2.24, 2.45) is 13.0 Å². The maximum atomic E-state index is 12.2. The second kappa shape index (κ2) is 4.87. The topological polar surface area (TPSA) is 58.4 Å². The summed E-state index contributed by atoms with van der Waals surface area (Å²) in [7, 11) is 1.83. The summed E-state index contributed by atoms with van der Waals surface area (Å²) < 4.78 is 1.71. The van der Waals surface area contributed by atoms with Gasteiger partial charge in [0.05, 0.1) is 0 Å². The average molecular weight is 237 g/mol. The van der Waals surface area contributed by atoms with Crippen LogP contribution < -0.4 is 0 Å². The van der Waals surface area contributed by atoms with E-state index < -0.39 is 0 Å². The van der Waals surface area contributed by atoms with E-state index in [2.05, 4.69) is 5.10 Å². The van der Waals surface area contributed by atoms with Gasteiger partial charge < -0.3 is 10.0 Å². The van der Waals surface area contributed by atoms with Crippen LogP contribution in [0.1, 0.15) is 29.0 Å². The first-order chi connectivity index (χ1) is 8.11. The van der Waals surface area contributed by atoms with Crippen molar-refractivity contribution in [2.45, 2.75) is 19.8 Å². The number of nitrogens with zero attached hydrogens (tertiary/aromatic N) is 3. The van der Waals surface area contributed by atoms with Crippen LogP contribution in [0.5, 0.6) is 0 Å². The number of aryl methyl sites for hydroxylation is 2. The number of aromatic nitrogens is 2. The molecule has 2 rings (SSSR count). The van der Waals surface area contributed by atoms with E-state index in [4.69, 9.17) is 5.11 Å². The van der Waals surface area contributed by atoms with Crippen molar-refractivity contribution in [2.75, 3.05) is 19.7 Å². The van der Waals surface area contributed by atoms with E-state index in [0.717, 1.165) is 25.1 Å². The van der Waals surface area contributed by atoms with Crippen LogP contribution in [0.3, 0.4) is 0 Å². The fraction of sp³-hybridized carbons (Fsp3) is 0.667. The summed E-state index contributed by atoms with van der Waals surface area (Å²) in [4.78, 5) is 14.0. The number of likely N-dealkylation sites (tertiary alicyclic amines) is 1. The maximum absolute atomic E-state index is 12.2. The van der Waals surface area contributed by atoms with Crippen molar-refractivity contribution in [3.8, 4) is 0 Å². The molecule has 1 saturated heterocycles. The first-order valence-corrected chi connectivity index (χ1v) is 6.02. The summed E-state index contributed by atoms with van der Waals surface area (Å²) in [6.45, 7) is 3.50. The van der Waals surface area contributed by atoms with Crippen molar-refractivity contribution in [3.05, 3.63) is 17.5 Å². The Hall–Kier alpha value is -1.36. The zero-order valence-electron chi connectivity index (χ0n) is 10.4. The molecule has 1 aliphatic rings. The summed E-state index contributed by atoms with van der Waals surface area (Å²) in [5.41, 5.74) is 1.48. The van der Waals surface area contributed by atoms with E-state index in [1.54, 1.807) is 9.58 Å². The van der Waals surface area contributed by atoms with Gasteiger partial charge in [-0.05, 0) is 31.7 Å². The lowest BCUT2D eigenvalue weighted by molar-refractivity contribution is 0.0614. The average Bonchev–Trinajstić information content (AvgIpc) is 2.69. The Kier molecular flexibility index (Phi) is 3.47. The third-order valence-electron chi connectivity index (χ3n) is 3.40. The minimum Gasteiger partial charge on any atom is -0.396 e. The molecule has 94 valence electrons. The predicted molar refractivity (Wildman–Crippen MR) is 63.7 cm³/mol. The lowest BCUT2D eigenvalue weighted by atomic mass is 9.99. The second-order valence-corrected chi connectivity index (χ2v) is 4.74. The van der Waals surface area contributed by atoms with Crippen LogP contribution >= 0.6 is 0 Å². The Balaban J connectivity index is 2.09. The van der Waals surface area contributed by atoms with Gasteiger partial charge in [-0.1, -0.05) is 0 Å². The van der Waals surface area contributed by atoms with Gasteiger partial charge >= 0.3 is 0 Å². The Morgan fingerprint density at radius 3 is 3.00 bits per heavy atom. The van der Waals surface area contributed by atoms with Crippen LogP contribution in [0.4, 0.5) is 0 Å². The summed E-state index contributed by atoms with van der Waals surface area (Å²) >= 11 is 0. The van der Waals surface area contributed by atoms with Crippen molar-refractivity contribution in [1.29, 1.82) is 0 Å². The molecule has 1 fully saturated rings. The van der Waals surface area contributed by atoms with E-state index >= 15 is 0 Å². The van der Waals surface area contributed by atoms with Gasteiger partial charge in [0.15, 0.2) is 5.69 Å². The predicted octanol–water partition coefficient (Wildman–Crippen LogP) is 0.573. The molecule has 0 spiro atoms. The van der Waals surface area contributed by atoms with E-state index in [9.17, 15) is 4.79 Å². The largest absolute Gasteiger partial charge is 0.396 e. The molecule has 5 nitrogen and oxygen atoms in total. The minimum absolute atomic E-state index is 0.0214. The summed E-state index contributed by atoms with van der Waals surface area (Å²) in [6.07, 6.45) is 1.96. The first-order valence-electron chi connectivity index (χ1n) is 6.02. The molecule has 1 aromatic heterocycles. The smallest absolute Gasteiger partial charge is 0.274 e. The third kappa shape index (κ3) is 2.49. The van der Waals surface area contributed by atoms with Gasteiger partial charge in [-0.15, -0.1) is 0 Å². The van der Waals surface area contributed by atoms with Gasteiger partial charge in [0.25, 0.3) is 5.91 Å². The molecular weight excluding hydrogens is 218 g/mol. The number of amides is 1. The van der Waals surface area contributed by atoms with Crippen molar-refractivity contribution < 1.29 is 9.90 Å². The molecule has 0 saturated carbocycles. The highest BCUT2D eigenvalue weighted by atomic mass is 16.3. The molecule has 0 bridgehead atoms. The Labute approximate surface area is 101 Å². The minimum atomic E-state index is -0.0214. The molecule has 2 heterocycles. The Bertz CT molecular complexity index is 394. The number of hydrogen-bond acceptors (Lipinski definition) is 3. The molecular formula is C12H19N3O2. The third-order valence-corrected chi connectivity index (χ3v) is 3.40. The number of carbonyl (C=O) groups is 1. The molecule has 0 aliphatic carbocycles. The van der Waals surface area contributed by atoms with Gasteiger partial charge in [-0.3, -0.25) is 9.48 Å². The summed E-state index contributed by atoms with van der Waals surface area (Å²) in [6, 6.07) is 1.81. The molecule has 5 heteroatoms. The van der Waals surface area contributed by atoms with Crippen molar-refractivity contribution in [1.82, 2.24) is 14.7 Å². The molecule has 1 atom stereocenters. The highest BCUT2D eigenvalue weighted by Crippen LogP contribution is 2.17. The van der Waals surface area contributed by atoms with E-state index in [1.165, 1.54) is 0 Å². The molecule has 1 aromatic rings.